The molecule has 106 valence electrons. The molecule has 1 atom stereocenters. The molecule has 0 aliphatic carbocycles. The number of benzene rings is 1. The summed E-state index contributed by atoms with van der Waals surface area (Å²) in [7, 11) is 3.52. The number of nitrogens with one attached hydrogen (secondary N) is 1. The van der Waals surface area contributed by atoms with Crippen molar-refractivity contribution in [3.63, 3.8) is 0 Å². The summed E-state index contributed by atoms with van der Waals surface area (Å²) in [5, 5.41) is 12.4. The Kier molecular flexibility index (Phi) is 6.67. The molecule has 1 unspecified atom stereocenters. The van der Waals surface area contributed by atoms with Crippen molar-refractivity contribution >= 4 is 23.2 Å². The minimum atomic E-state index is -0.543. The van der Waals surface area contributed by atoms with Crippen LogP contribution >= 0.6 is 11.6 Å². The highest BCUT2D eigenvalue weighted by atomic mass is 35.5. The van der Waals surface area contributed by atoms with Crippen LogP contribution in [0.15, 0.2) is 24.3 Å². The van der Waals surface area contributed by atoms with E-state index >= 15 is 0 Å². The van der Waals surface area contributed by atoms with E-state index in [9.17, 15) is 9.90 Å². The van der Waals surface area contributed by atoms with Crippen LogP contribution in [-0.4, -0.2) is 48.5 Å². The Bertz CT molecular complexity index is 393. The van der Waals surface area contributed by atoms with Crippen molar-refractivity contribution in [2.24, 2.45) is 0 Å². The lowest BCUT2D eigenvalue weighted by Crippen LogP contribution is -2.21. The van der Waals surface area contributed by atoms with Gasteiger partial charge in [-0.2, -0.15) is 0 Å². The molecule has 0 saturated carbocycles. The normalized spacial score (nSPS) is 12.0. The third-order valence-electron chi connectivity index (χ3n) is 2.80. The first-order valence-electron chi connectivity index (χ1n) is 6.30. The number of hydrogen-bond donors (Lipinski definition) is 2. The van der Waals surface area contributed by atoms with Gasteiger partial charge in [-0.15, -0.1) is 11.6 Å². The highest BCUT2D eigenvalue weighted by Crippen LogP contribution is 2.11. The second-order valence-electron chi connectivity index (χ2n) is 4.67. The lowest BCUT2D eigenvalue weighted by molar-refractivity contribution is -0.128. The number of rotatable bonds is 7. The number of aryl methyl sites for hydroxylation is 1. The van der Waals surface area contributed by atoms with Gasteiger partial charge in [-0.05, 0) is 24.1 Å². The van der Waals surface area contributed by atoms with Crippen molar-refractivity contribution in [1.82, 2.24) is 4.90 Å². The quantitative estimate of drug-likeness (QED) is 0.750. The molecule has 1 aromatic rings. The van der Waals surface area contributed by atoms with Gasteiger partial charge >= 0.3 is 0 Å². The molecule has 0 fully saturated rings. The minimum absolute atomic E-state index is 0.132. The number of nitrogens with zero attached hydrogens (tertiary/aromatic N) is 1. The summed E-state index contributed by atoms with van der Waals surface area (Å²) in [5.74, 6) is 0.352. The van der Waals surface area contributed by atoms with Crippen molar-refractivity contribution in [1.29, 1.82) is 0 Å². The number of carbonyl (C=O) groups is 1. The molecular weight excluding hydrogens is 264 g/mol. The number of aliphatic hydroxyl groups is 1. The topological polar surface area (TPSA) is 52.6 Å². The lowest BCUT2D eigenvalue weighted by atomic mass is 10.1. The second kappa shape index (κ2) is 8.02. The van der Waals surface area contributed by atoms with Crippen molar-refractivity contribution in [2.75, 3.05) is 31.8 Å². The Hall–Kier alpha value is -1.26. The maximum absolute atomic E-state index is 11.5. The van der Waals surface area contributed by atoms with Gasteiger partial charge in [0.2, 0.25) is 5.91 Å². The fourth-order valence-electron chi connectivity index (χ4n) is 1.55. The number of aliphatic hydroxyl groups excluding tert-OH is 1. The molecule has 19 heavy (non-hydrogen) atoms. The molecule has 0 aliphatic rings. The van der Waals surface area contributed by atoms with Crippen molar-refractivity contribution < 1.29 is 9.90 Å². The lowest BCUT2D eigenvalue weighted by Gasteiger charge is -2.11. The summed E-state index contributed by atoms with van der Waals surface area (Å²) < 4.78 is 0. The van der Waals surface area contributed by atoms with E-state index < -0.39 is 6.10 Å². The highest BCUT2D eigenvalue weighted by molar-refractivity contribution is 6.18. The average Bonchev–Trinajstić information content (AvgIpc) is 2.42. The Morgan fingerprint density at radius 1 is 1.37 bits per heavy atom. The van der Waals surface area contributed by atoms with E-state index in [1.807, 2.05) is 24.3 Å². The molecule has 0 bridgehead atoms. The summed E-state index contributed by atoms with van der Waals surface area (Å²) >= 11 is 5.51. The standard InChI is InChI=1S/C14H21ClN2O2/c1-17(2)14(19)8-5-11-3-6-12(7-4-11)16-10-13(18)9-15/h3-4,6-7,13,16,18H,5,8-10H2,1-2H3. The van der Waals surface area contributed by atoms with Gasteiger partial charge in [0.15, 0.2) is 0 Å². The van der Waals surface area contributed by atoms with E-state index in [0.29, 0.717) is 13.0 Å². The predicted octanol–water partition coefficient (Wildman–Crippen LogP) is 1.72. The van der Waals surface area contributed by atoms with Crippen LogP contribution in [0.5, 0.6) is 0 Å². The molecule has 2 N–H and O–H groups in total. The number of carbonyl (C=O) groups excluding carboxylic acids is 1. The largest absolute Gasteiger partial charge is 0.390 e. The molecule has 4 nitrogen and oxygen atoms in total. The molecule has 1 amide bonds. The van der Waals surface area contributed by atoms with Gasteiger partial charge in [-0.25, -0.2) is 0 Å². The fourth-order valence-corrected chi connectivity index (χ4v) is 1.66. The Labute approximate surface area is 119 Å². The van der Waals surface area contributed by atoms with Gasteiger partial charge in [-0.3, -0.25) is 4.79 Å². The molecule has 0 aliphatic heterocycles. The summed E-state index contributed by atoms with van der Waals surface area (Å²) in [6.07, 6.45) is 0.714. The number of anilines is 1. The van der Waals surface area contributed by atoms with Crippen molar-refractivity contribution in [3.8, 4) is 0 Å². The van der Waals surface area contributed by atoms with Crippen LogP contribution in [-0.2, 0) is 11.2 Å². The number of alkyl halides is 1. The third kappa shape index (κ3) is 5.94. The highest BCUT2D eigenvalue weighted by Gasteiger charge is 2.05. The zero-order valence-electron chi connectivity index (χ0n) is 11.4. The molecule has 0 radical (unpaired) electrons. The van der Waals surface area contributed by atoms with E-state index in [1.54, 1.807) is 19.0 Å². The minimum Gasteiger partial charge on any atom is -0.390 e. The van der Waals surface area contributed by atoms with Crippen LogP contribution in [0.25, 0.3) is 0 Å². The van der Waals surface area contributed by atoms with Crippen LogP contribution in [0.4, 0.5) is 5.69 Å². The fraction of sp³-hybridized carbons (Fsp3) is 0.500. The van der Waals surface area contributed by atoms with Gasteiger partial charge in [0, 0.05) is 32.7 Å². The van der Waals surface area contributed by atoms with E-state index in [2.05, 4.69) is 5.32 Å². The Balaban J connectivity index is 2.41. The average molecular weight is 285 g/mol. The SMILES string of the molecule is CN(C)C(=O)CCc1ccc(NCC(O)CCl)cc1. The third-order valence-corrected chi connectivity index (χ3v) is 3.16. The van der Waals surface area contributed by atoms with Crippen LogP contribution in [0.3, 0.4) is 0 Å². The van der Waals surface area contributed by atoms with Gasteiger partial charge in [0.1, 0.15) is 0 Å². The molecule has 0 aromatic heterocycles. The maximum Gasteiger partial charge on any atom is 0.222 e. The van der Waals surface area contributed by atoms with Crippen LogP contribution < -0.4 is 5.32 Å². The molecule has 0 heterocycles. The van der Waals surface area contributed by atoms with Crippen molar-refractivity contribution in [2.45, 2.75) is 18.9 Å². The first kappa shape index (κ1) is 15.8. The number of amides is 1. The summed E-state index contributed by atoms with van der Waals surface area (Å²) in [6, 6.07) is 7.85. The van der Waals surface area contributed by atoms with Crippen molar-refractivity contribution in [3.05, 3.63) is 29.8 Å². The van der Waals surface area contributed by atoms with Crippen LogP contribution in [0.1, 0.15) is 12.0 Å². The van der Waals surface area contributed by atoms with E-state index in [-0.39, 0.29) is 11.8 Å². The smallest absolute Gasteiger partial charge is 0.222 e. The molecule has 1 aromatic carbocycles. The molecule has 1 rings (SSSR count). The molecule has 0 spiro atoms. The first-order valence-corrected chi connectivity index (χ1v) is 6.83. The van der Waals surface area contributed by atoms with Gasteiger partial charge in [0.25, 0.3) is 0 Å². The monoisotopic (exact) mass is 284 g/mol. The van der Waals surface area contributed by atoms with Crippen LogP contribution in [0, 0.1) is 0 Å². The van der Waals surface area contributed by atoms with Gasteiger partial charge in [0.05, 0.1) is 12.0 Å². The Morgan fingerprint density at radius 2 is 2.00 bits per heavy atom. The first-order chi connectivity index (χ1) is 9.02. The Morgan fingerprint density at radius 3 is 2.53 bits per heavy atom. The zero-order valence-corrected chi connectivity index (χ0v) is 12.2. The predicted molar refractivity (Wildman–Crippen MR) is 78.7 cm³/mol. The summed E-state index contributed by atoms with van der Waals surface area (Å²) in [5.41, 5.74) is 2.06. The van der Waals surface area contributed by atoms with Crippen LogP contribution in [0.2, 0.25) is 0 Å². The summed E-state index contributed by atoms with van der Waals surface area (Å²) in [6.45, 7) is 0.433. The van der Waals surface area contributed by atoms with E-state index in [1.165, 1.54) is 0 Å². The van der Waals surface area contributed by atoms with Gasteiger partial charge < -0.3 is 15.3 Å². The van der Waals surface area contributed by atoms with Gasteiger partial charge in [-0.1, -0.05) is 12.1 Å². The number of halogens is 1. The molecular formula is C14H21ClN2O2. The number of hydrogen-bond acceptors (Lipinski definition) is 3. The zero-order chi connectivity index (χ0) is 14.3. The van der Waals surface area contributed by atoms with E-state index in [4.69, 9.17) is 11.6 Å². The second-order valence-corrected chi connectivity index (χ2v) is 4.98. The molecule has 5 heteroatoms. The maximum atomic E-state index is 11.5. The summed E-state index contributed by atoms with van der Waals surface area (Å²) in [4.78, 5) is 13.1. The molecule has 0 saturated heterocycles. The van der Waals surface area contributed by atoms with E-state index in [0.717, 1.165) is 17.7 Å².